The number of nitrogens with one attached hydrogen (secondary N) is 1. The molecular weight excluding hydrogens is 751 g/mol. The fraction of sp³-hybridized carbons (Fsp3) is 0.896. The number of carbonyl (C=O) groups excluding carboxylic acids is 1. The zero-order valence-corrected chi connectivity index (χ0v) is 37.5. The van der Waals surface area contributed by atoms with Crippen molar-refractivity contribution in [3.63, 3.8) is 0 Å². The van der Waals surface area contributed by atoms with Crippen LogP contribution in [0.15, 0.2) is 24.3 Å². The van der Waals surface area contributed by atoms with E-state index in [1.165, 1.54) is 122 Å². The van der Waals surface area contributed by atoms with Crippen molar-refractivity contribution in [3.05, 3.63) is 24.3 Å². The van der Waals surface area contributed by atoms with E-state index in [-0.39, 0.29) is 12.8 Å². The van der Waals surface area contributed by atoms with Gasteiger partial charge in [0.05, 0.1) is 25.4 Å². The maximum Gasteiger partial charge on any atom is 0.249 e. The molecule has 1 fully saturated rings. The summed E-state index contributed by atoms with van der Waals surface area (Å²) in [6.45, 7) is 3.39. The minimum atomic E-state index is -1.67. The first-order chi connectivity index (χ1) is 28.7. The van der Waals surface area contributed by atoms with Crippen molar-refractivity contribution in [2.45, 2.75) is 262 Å². The number of hydrogen-bond donors (Lipinski definition) is 8. The lowest BCUT2D eigenvalue weighted by atomic mass is 9.98. The summed E-state index contributed by atoms with van der Waals surface area (Å²) >= 11 is 0. The van der Waals surface area contributed by atoms with E-state index < -0.39 is 74.2 Å². The molecule has 11 heteroatoms. The Morgan fingerprint density at radius 2 is 1.02 bits per heavy atom. The highest BCUT2D eigenvalue weighted by Gasteiger charge is 2.44. The van der Waals surface area contributed by atoms with Crippen LogP contribution in [0, 0.1) is 0 Å². The lowest BCUT2D eigenvalue weighted by Crippen LogP contribution is -2.60. The van der Waals surface area contributed by atoms with Crippen LogP contribution in [0.5, 0.6) is 0 Å². The molecule has 11 nitrogen and oxygen atoms in total. The molecule has 1 rings (SSSR count). The highest BCUT2D eigenvalue weighted by molar-refractivity contribution is 5.80. The predicted octanol–water partition coefficient (Wildman–Crippen LogP) is 8.23. The second-order valence-corrected chi connectivity index (χ2v) is 17.2. The SMILES string of the molecule is CCCCC/C=C/CC/C=C/CCCC(O)C(O)C(COC1OC(CO)C(O)C(O)C1O)NC(=O)C(O)CCCCCCCCCCCCCCCCCCCCCC. The maximum absolute atomic E-state index is 13.1. The number of carbonyl (C=O) groups is 1. The van der Waals surface area contributed by atoms with Gasteiger partial charge in [-0.15, -0.1) is 0 Å². The van der Waals surface area contributed by atoms with Gasteiger partial charge in [-0.25, -0.2) is 0 Å². The van der Waals surface area contributed by atoms with E-state index in [9.17, 15) is 40.5 Å². The molecule has 9 unspecified atom stereocenters. The van der Waals surface area contributed by atoms with Gasteiger partial charge in [0.1, 0.15) is 36.6 Å². The number of rotatable bonds is 40. The number of aliphatic hydroxyl groups is 7. The van der Waals surface area contributed by atoms with Crippen molar-refractivity contribution in [3.8, 4) is 0 Å². The molecule has 0 spiro atoms. The van der Waals surface area contributed by atoms with E-state index in [2.05, 4.69) is 43.5 Å². The molecule has 0 bridgehead atoms. The highest BCUT2D eigenvalue weighted by Crippen LogP contribution is 2.23. The van der Waals surface area contributed by atoms with Crippen molar-refractivity contribution in [2.24, 2.45) is 0 Å². The molecule has 1 amide bonds. The Hall–Kier alpha value is -1.41. The number of hydrogen-bond acceptors (Lipinski definition) is 10. The topological polar surface area (TPSA) is 189 Å². The van der Waals surface area contributed by atoms with Gasteiger partial charge in [0.2, 0.25) is 5.91 Å². The molecule has 1 heterocycles. The van der Waals surface area contributed by atoms with E-state index in [0.717, 1.165) is 38.5 Å². The van der Waals surface area contributed by atoms with Gasteiger partial charge in [-0.3, -0.25) is 4.79 Å². The van der Waals surface area contributed by atoms with Gasteiger partial charge < -0.3 is 50.5 Å². The lowest BCUT2D eigenvalue weighted by Gasteiger charge is -2.40. The molecule has 1 saturated heterocycles. The fourth-order valence-electron chi connectivity index (χ4n) is 7.69. The molecule has 0 aromatic rings. The molecule has 0 aromatic carbocycles. The second kappa shape index (κ2) is 38.3. The summed E-state index contributed by atoms with van der Waals surface area (Å²) < 4.78 is 11.1. The van der Waals surface area contributed by atoms with E-state index in [1.807, 2.05) is 0 Å². The summed E-state index contributed by atoms with van der Waals surface area (Å²) in [6.07, 6.45) is 30.9. The van der Waals surface area contributed by atoms with Gasteiger partial charge in [0.15, 0.2) is 6.29 Å². The smallest absolute Gasteiger partial charge is 0.249 e. The van der Waals surface area contributed by atoms with Crippen LogP contribution in [0.4, 0.5) is 0 Å². The quantitative estimate of drug-likeness (QED) is 0.0221. The summed E-state index contributed by atoms with van der Waals surface area (Å²) in [5, 5.41) is 75.6. The van der Waals surface area contributed by atoms with Crippen molar-refractivity contribution in [2.75, 3.05) is 13.2 Å². The number of unbranched alkanes of at least 4 members (excludes halogenated alkanes) is 24. The standard InChI is InChI=1S/C48H91NO10/c1-3-5-7-9-11-13-15-17-18-19-20-21-22-23-24-26-28-30-32-34-36-41(52)47(57)49-39(38-58-48-46(56)45(55)44(54)42(37-50)59-48)43(53)40(51)35-33-31-29-27-25-16-14-12-10-8-6-4-2/h12,14,27,29,39-46,48,50-56H,3-11,13,15-26,28,30-38H2,1-2H3,(H,49,57)/b14-12+,29-27+. The minimum absolute atomic E-state index is 0.247. The van der Waals surface area contributed by atoms with Crippen LogP contribution in [-0.2, 0) is 14.3 Å². The molecule has 59 heavy (non-hydrogen) atoms. The van der Waals surface area contributed by atoms with Gasteiger partial charge in [-0.2, -0.15) is 0 Å². The van der Waals surface area contributed by atoms with Gasteiger partial charge in [0, 0.05) is 0 Å². The molecule has 1 aliphatic rings. The van der Waals surface area contributed by atoms with Crippen molar-refractivity contribution < 1.29 is 50.0 Å². The van der Waals surface area contributed by atoms with Crippen LogP contribution >= 0.6 is 0 Å². The average Bonchev–Trinajstić information content (AvgIpc) is 3.23. The average molecular weight is 842 g/mol. The molecule has 8 N–H and O–H groups in total. The van der Waals surface area contributed by atoms with Crippen LogP contribution in [-0.4, -0.2) is 110 Å². The molecule has 0 aromatic heterocycles. The Morgan fingerprint density at radius 1 is 0.576 bits per heavy atom. The first kappa shape index (κ1) is 55.6. The summed E-state index contributed by atoms with van der Waals surface area (Å²) in [6, 6.07) is -1.19. The van der Waals surface area contributed by atoms with E-state index in [1.54, 1.807) is 0 Å². The second-order valence-electron chi connectivity index (χ2n) is 17.2. The third-order valence-electron chi connectivity index (χ3n) is 11.7. The maximum atomic E-state index is 13.1. The van der Waals surface area contributed by atoms with Crippen molar-refractivity contribution >= 4 is 5.91 Å². The van der Waals surface area contributed by atoms with Crippen LogP contribution in [0.3, 0.4) is 0 Å². The molecule has 348 valence electrons. The molecular formula is C48H91NO10. The Bertz CT molecular complexity index is 1010. The summed E-state index contributed by atoms with van der Waals surface area (Å²) in [5.74, 6) is -0.709. The van der Waals surface area contributed by atoms with Crippen LogP contribution in [0.25, 0.3) is 0 Å². The van der Waals surface area contributed by atoms with Gasteiger partial charge in [0.25, 0.3) is 0 Å². The molecule has 0 radical (unpaired) electrons. The normalized spacial score (nSPS) is 21.9. The Labute approximate surface area is 359 Å². The molecule has 0 aliphatic carbocycles. The van der Waals surface area contributed by atoms with Gasteiger partial charge >= 0.3 is 0 Å². The number of allylic oxidation sites excluding steroid dienone is 4. The fourth-order valence-corrected chi connectivity index (χ4v) is 7.69. The van der Waals surface area contributed by atoms with Crippen LogP contribution < -0.4 is 5.32 Å². The third kappa shape index (κ3) is 28.0. The monoisotopic (exact) mass is 842 g/mol. The Balaban J connectivity index is 2.40. The third-order valence-corrected chi connectivity index (χ3v) is 11.7. The minimum Gasteiger partial charge on any atom is -0.394 e. The van der Waals surface area contributed by atoms with E-state index in [4.69, 9.17) is 9.47 Å². The molecule has 9 atom stereocenters. The number of amides is 1. The highest BCUT2D eigenvalue weighted by atomic mass is 16.7. The molecule has 0 saturated carbocycles. The number of ether oxygens (including phenoxy) is 2. The predicted molar refractivity (Wildman–Crippen MR) is 238 cm³/mol. The van der Waals surface area contributed by atoms with Crippen molar-refractivity contribution in [1.29, 1.82) is 0 Å². The van der Waals surface area contributed by atoms with Gasteiger partial charge in [-0.05, 0) is 51.4 Å². The Kier molecular flexibility index (Phi) is 36.1. The lowest BCUT2D eigenvalue weighted by molar-refractivity contribution is -0.303. The first-order valence-corrected chi connectivity index (χ1v) is 24.2. The number of aliphatic hydroxyl groups excluding tert-OH is 7. The van der Waals surface area contributed by atoms with E-state index >= 15 is 0 Å². The zero-order valence-electron chi connectivity index (χ0n) is 37.5. The van der Waals surface area contributed by atoms with Crippen LogP contribution in [0.2, 0.25) is 0 Å². The van der Waals surface area contributed by atoms with Gasteiger partial charge in [-0.1, -0.05) is 179 Å². The van der Waals surface area contributed by atoms with Crippen LogP contribution in [0.1, 0.15) is 206 Å². The largest absolute Gasteiger partial charge is 0.394 e. The summed E-state index contributed by atoms with van der Waals surface area (Å²) in [4.78, 5) is 13.1. The Morgan fingerprint density at radius 3 is 1.51 bits per heavy atom. The van der Waals surface area contributed by atoms with Crippen molar-refractivity contribution in [1.82, 2.24) is 5.32 Å². The zero-order chi connectivity index (χ0) is 43.4. The summed E-state index contributed by atoms with van der Waals surface area (Å²) in [7, 11) is 0. The first-order valence-electron chi connectivity index (χ1n) is 24.2. The summed E-state index contributed by atoms with van der Waals surface area (Å²) in [5.41, 5.74) is 0. The molecule has 1 aliphatic heterocycles. The van der Waals surface area contributed by atoms with E-state index in [0.29, 0.717) is 19.3 Å².